The van der Waals surface area contributed by atoms with Gasteiger partial charge in [0.05, 0.1) is 0 Å². The summed E-state index contributed by atoms with van der Waals surface area (Å²) in [5.74, 6) is 0. The Morgan fingerprint density at radius 2 is 1.91 bits per heavy atom. The molecule has 0 bridgehead atoms. The molecule has 0 saturated heterocycles. The summed E-state index contributed by atoms with van der Waals surface area (Å²) < 4.78 is 0. The van der Waals surface area contributed by atoms with E-state index in [1.54, 1.807) is 12.1 Å². The van der Waals surface area contributed by atoms with Gasteiger partial charge in [-0.15, -0.1) is 0 Å². The van der Waals surface area contributed by atoms with E-state index in [1.807, 2.05) is 12.1 Å². The Labute approximate surface area is 65.0 Å². The van der Waals surface area contributed by atoms with E-state index in [9.17, 15) is 4.79 Å². The first kappa shape index (κ1) is 6.35. The molecule has 2 rings (SSSR count). The van der Waals surface area contributed by atoms with E-state index < -0.39 is 0 Å². The van der Waals surface area contributed by atoms with Crippen molar-refractivity contribution in [2.24, 2.45) is 0 Å². The number of hydrogen-bond acceptors (Lipinski definition) is 1. The molecular weight excluding hydrogens is 136 g/mol. The second-order valence-corrected chi connectivity index (χ2v) is 2.66. The molecule has 1 nitrogen and oxygen atoms in total. The average molecular weight is 144 g/mol. The van der Waals surface area contributed by atoms with Crippen LogP contribution in [-0.4, -0.2) is 0 Å². The van der Waals surface area contributed by atoms with Crippen molar-refractivity contribution in [2.75, 3.05) is 0 Å². The van der Waals surface area contributed by atoms with Gasteiger partial charge in [0.2, 0.25) is 0 Å². The summed E-state index contributed by atoms with van der Waals surface area (Å²) in [5.41, 5.74) is 2.49. The van der Waals surface area contributed by atoms with Crippen LogP contribution < -0.4 is 5.43 Å². The van der Waals surface area contributed by atoms with Gasteiger partial charge in [-0.1, -0.05) is 24.3 Å². The number of hydrogen-bond donors (Lipinski definition) is 0. The van der Waals surface area contributed by atoms with Crippen molar-refractivity contribution in [1.82, 2.24) is 0 Å². The fraction of sp³-hybridized carbons (Fsp3) is 0.100. The highest BCUT2D eigenvalue weighted by molar-refractivity contribution is 5.58. The molecule has 1 aromatic rings. The first-order chi connectivity index (χ1) is 5.36. The molecule has 0 N–H and O–H groups in total. The smallest absolute Gasteiger partial charge is 0.178 e. The van der Waals surface area contributed by atoms with Crippen molar-refractivity contribution in [2.45, 2.75) is 6.42 Å². The summed E-state index contributed by atoms with van der Waals surface area (Å²) in [6, 6.07) is 7.00. The van der Waals surface area contributed by atoms with Crippen LogP contribution in [0.15, 0.2) is 35.1 Å². The molecule has 1 heteroatoms. The van der Waals surface area contributed by atoms with Crippen molar-refractivity contribution >= 4 is 6.08 Å². The lowest BCUT2D eigenvalue weighted by molar-refractivity contribution is 1.32. The summed E-state index contributed by atoms with van der Waals surface area (Å²) in [4.78, 5) is 10.9. The lowest BCUT2D eigenvalue weighted by Crippen LogP contribution is -1.87. The fourth-order valence-corrected chi connectivity index (χ4v) is 1.27. The zero-order valence-electron chi connectivity index (χ0n) is 6.08. The van der Waals surface area contributed by atoms with Gasteiger partial charge in [-0.05, 0) is 29.7 Å². The second-order valence-electron chi connectivity index (χ2n) is 2.66. The minimum absolute atomic E-state index is 0.0767. The lowest BCUT2D eigenvalue weighted by atomic mass is 10.2. The van der Waals surface area contributed by atoms with E-state index in [-0.39, 0.29) is 5.43 Å². The molecular formula is C10H8O. The Kier molecular flexibility index (Phi) is 1.35. The van der Waals surface area contributed by atoms with Crippen LogP contribution in [0.3, 0.4) is 0 Å². The Morgan fingerprint density at radius 3 is 2.82 bits per heavy atom. The zero-order chi connectivity index (χ0) is 7.68. The van der Waals surface area contributed by atoms with Crippen LogP contribution in [0.25, 0.3) is 6.08 Å². The largest absolute Gasteiger partial charge is 0.290 e. The molecule has 0 fully saturated rings. The van der Waals surface area contributed by atoms with Crippen LogP contribution in [0.4, 0.5) is 0 Å². The fourth-order valence-electron chi connectivity index (χ4n) is 1.27. The maximum Gasteiger partial charge on any atom is 0.178 e. The first-order valence-corrected chi connectivity index (χ1v) is 3.66. The summed E-state index contributed by atoms with van der Waals surface area (Å²) in [5, 5.41) is 0. The van der Waals surface area contributed by atoms with Gasteiger partial charge in [0.1, 0.15) is 0 Å². The van der Waals surface area contributed by atoms with Gasteiger partial charge in [0.15, 0.2) is 5.43 Å². The van der Waals surface area contributed by atoms with Crippen molar-refractivity contribution in [3.8, 4) is 0 Å². The van der Waals surface area contributed by atoms with Crippen LogP contribution in [-0.2, 0) is 6.42 Å². The summed E-state index contributed by atoms with van der Waals surface area (Å²) in [6.07, 6.45) is 5.12. The molecule has 0 amide bonds. The highest BCUT2D eigenvalue weighted by Crippen LogP contribution is 2.15. The molecule has 0 heterocycles. The number of fused-ring (bicyclic) bond motifs is 1. The molecule has 0 radical (unpaired) electrons. The SMILES string of the molecule is O=c1ccc2c(cc1)CC=C2. The molecule has 54 valence electrons. The molecule has 1 aliphatic rings. The predicted octanol–water partition coefficient (Wildman–Crippen LogP) is 1.62. The summed E-state index contributed by atoms with van der Waals surface area (Å²) in [6.45, 7) is 0. The predicted molar refractivity (Wildman–Crippen MR) is 45.5 cm³/mol. The number of rotatable bonds is 0. The first-order valence-electron chi connectivity index (χ1n) is 3.66. The van der Waals surface area contributed by atoms with E-state index in [2.05, 4.69) is 12.2 Å². The molecule has 0 atom stereocenters. The third-order valence-electron chi connectivity index (χ3n) is 1.88. The average Bonchev–Trinajstić information content (AvgIpc) is 2.38. The zero-order valence-corrected chi connectivity index (χ0v) is 6.08. The highest BCUT2D eigenvalue weighted by atomic mass is 16.1. The van der Waals surface area contributed by atoms with Gasteiger partial charge in [-0.3, -0.25) is 4.79 Å². The summed E-state index contributed by atoms with van der Waals surface area (Å²) in [7, 11) is 0. The van der Waals surface area contributed by atoms with Crippen LogP contribution in [0.5, 0.6) is 0 Å². The van der Waals surface area contributed by atoms with Gasteiger partial charge in [0, 0.05) is 0 Å². The molecule has 1 aromatic carbocycles. The molecule has 0 aliphatic heterocycles. The van der Waals surface area contributed by atoms with Gasteiger partial charge in [0.25, 0.3) is 0 Å². The Balaban J connectivity index is 2.72. The molecule has 11 heavy (non-hydrogen) atoms. The van der Waals surface area contributed by atoms with Crippen LogP contribution in [0, 0.1) is 0 Å². The molecule has 1 aliphatic carbocycles. The second kappa shape index (κ2) is 2.35. The Morgan fingerprint density at radius 1 is 1.09 bits per heavy atom. The Hall–Kier alpha value is -1.37. The van der Waals surface area contributed by atoms with E-state index in [1.165, 1.54) is 11.1 Å². The third-order valence-corrected chi connectivity index (χ3v) is 1.88. The lowest BCUT2D eigenvalue weighted by Gasteiger charge is -1.87. The molecule has 0 unspecified atom stereocenters. The van der Waals surface area contributed by atoms with Crippen LogP contribution >= 0.6 is 0 Å². The van der Waals surface area contributed by atoms with Crippen LogP contribution in [0.1, 0.15) is 11.1 Å². The summed E-state index contributed by atoms with van der Waals surface area (Å²) >= 11 is 0. The van der Waals surface area contributed by atoms with E-state index in [0.717, 1.165) is 6.42 Å². The molecule has 0 spiro atoms. The van der Waals surface area contributed by atoms with E-state index in [4.69, 9.17) is 0 Å². The minimum Gasteiger partial charge on any atom is -0.290 e. The Bertz CT molecular complexity index is 364. The monoisotopic (exact) mass is 144 g/mol. The minimum atomic E-state index is 0.0767. The van der Waals surface area contributed by atoms with Crippen molar-refractivity contribution in [3.63, 3.8) is 0 Å². The standard InChI is InChI=1S/C10H8O/c11-10-6-4-8-2-1-3-9(8)5-7-10/h1-2,4-7H,3H2. The highest BCUT2D eigenvalue weighted by Gasteiger charge is 2.00. The van der Waals surface area contributed by atoms with Gasteiger partial charge in [-0.2, -0.15) is 0 Å². The van der Waals surface area contributed by atoms with Gasteiger partial charge < -0.3 is 0 Å². The topological polar surface area (TPSA) is 17.1 Å². The van der Waals surface area contributed by atoms with Crippen molar-refractivity contribution in [3.05, 3.63) is 51.7 Å². The third kappa shape index (κ3) is 1.09. The van der Waals surface area contributed by atoms with E-state index >= 15 is 0 Å². The van der Waals surface area contributed by atoms with Gasteiger partial charge >= 0.3 is 0 Å². The maximum atomic E-state index is 10.9. The quantitative estimate of drug-likeness (QED) is 0.540. The van der Waals surface area contributed by atoms with Crippen molar-refractivity contribution < 1.29 is 0 Å². The van der Waals surface area contributed by atoms with E-state index in [0.29, 0.717) is 0 Å². The normalized spacial score (nSPS) is 13.1. The number of allylic oxidation sites excluding steroid dienone is 1. The molecule has 0 saturated carbocycles. The van der Waals surface area contributed by atoms with Crippen molar-refractivity contribution in [1.29, 1.82) is 0 Å². The molecule has 0 aromatic heterocycles. The van der Waals surface area contributed by atoms with Crippen LogP contribution in [0.2, 0.25) is 0 Å². The maximum absolute atomic E-state index is 10.9. The van der Waals surface area contributed by atoms with Gasteiger partial charge in [-0.25, -0.2) is 0 Å².